The van der Waals surface area contributed by atoms with Gasteiger partial charge < -0.3 is 0 Å². The monoisotopic (exact) mass is 216 g/mol. The Bertz CT molecular complexity index is 174. The Morgan fingerprint density at radius 3 is 2.91 bits per heavy atom. The van der Waals surface area contributed by atoms with E-state index in [1.165, 1.54) is 12.8 Å². The summed E-state index contributed by atoms with van der Waals surface area (Å²) >= 11 is 3.40. The molecule has 0 radical (unpaired) electrons. The van der Waals surface area contributed by atoms with Gasteiger partial charge in [-0.3, -0.25) is 4.79 Å². The fourth-order valence-electron chi connectivity index (χ4n) is 1.38. The minimum absolute atomic E-state index is 0.0408. The van der Waals surface area contributed by atoms with E-state index in [0.29, 0.717) is 5.92 Å². The standard InChI is InChI=1S/C9H13BrO/c1-7(11)9(10)8-5-3-2-4-6-8/h3,5,8-9H,2,4,6H2,1H3. The molecule has 0 aliphatic heterocycles. The molecule has 62 valence electrons. The summed E-state index contributed by atoms with van der Waals surface area (Å²) in [6.07, 6.45) is 7.87. The van der Waals surface area contributed by atoms with Gasteiger partial charge in [0.2, 0.25) is 0 Å². The first-order valence-electron chi connectivity index (χ1n) is 4.03. The molecule has 0 spiro atoms. The van der Waals surface area contributed by atoms with Crippen molar-refractivity contribution in [1.82, 2.24) is 0 Å². The lowest BCUT2D eigenvalue weighted by Gasteiger charge is -2.19. The van der Waals surface area contributed by atoms with E-state index in [4.69, 9.17) is 0 Å². The van der Waals surface area contributed by atoms with Gasteiger partial charge in [0.25, 0.3) is 0 Å². The zero-order valence-electron chi connectivity index (χ0n) is 6.72. The minimum Gasteiger partial charge on any atom is -0.299 e. The van der Waals surface area contributed by atoms with Crippen LogP contribution in [0.5, 0.6) is 0 Å². The fourth-order valence-corrected chi connectivity index (χ4v) is 1.82. The molecule has 2 atom stereocenters. The van der Waals surface area contributed by atoms with Crippen LogP contribution in [0.15, 0.2) is 12.2 Å². The van der Waals surface area contributed by atoms with Crippen LogP contribution in [0.3, 0.4) is 0 Å². The van der Waals surface area contributed by atoms with Gasteiger partial charge in [0, 0.05) is 0 Å². The highest BCUT2D eigenvalue weighted by molar-refractivity contribution is 9.10. The molecule has 0 N–H and O–H groups in total. The zero-order valence-corrected chi connectivity index (χ0v) is 8.30. The summed E-state index contributed by atoms with van der Waals surface area (Å²) in [5.74, 6) is 0.669. The lowest BCUT2D eigenvalue weighted by atomic mass is 9.92. The first-order valence-corrected chi connectivity index (χ1v) is 4.94. The molecule has 0 amide bonds. The number of ketones is 1. The molecule has 0 heterocycles. The number of carbonyl (C=O) groups excluding carboxylic acids is 1. The quantitative estimate of drug-likeness (QED) is 0.513. The van der Waals surface area contributed by atoms with Crippen molar-refractivity contribution in [1.29, 1.82) is 0 Å². The zero-order chi connectivity index (χ0) is 8.27. The second-order valence-electron chi connectivity index (χ2n) is 3.04. The Kier molecular flexibility index (Phi) is 3.31. The number of carbonyl (C=O) groups is 1. The average Bonchev–Trinajstić information content (AvgIpc) is 2.05. The number of allylic oxidation sites excluding steroid dienone is 2. The maximum absolute atomic E-state index is 11.0. The first kappa shape index (κ1) is 8.98. The van der Waals surface area contributed by atoms with Crippen LogP contribution in [0.1, 0.15) is 26.2 Å². The van der Waals surface area contributed by atoms with Crippen molar-refractivity contribution in [2.75, 3.05) is 0 Å². The van der Waals surface area contributed by atoms with E-state index in [0.717, 1.165) is 6.42 Å². The van der Waals surface area contributed by atoms with Gasteiger partial charge in [-0.1, -0.05) is 28.1 Å². The van der Waals surface area contributed by atoms with Crippen molar-refractivity contribution in [3.63, 3.8) is 0 Å². The fraction of sp³-hybridized carbons (Fsp3) is 0.667. The second-order valence-corrected chi connectivity index (χ2v) is 4.02. The van der Waals surface area contributed by atoms with Crippen LogP contribution in [0.2, 0.25) is 0 Å². The second kappa shape index (κ2) is 4.05. The molecule has 1 nitrogen and oxygen atoms in total. The molecular formula is C9H13BrO. The Hall–Kier alpha value is -0.110. The van der Waals surface area contributed by atoms with Gasteiger partial charge in [-0.15, -0.1) is 0 Å². The highest BCUT2D eigenvalue weighted by atomic mass is 79.9. The normalized spacial score (nSPS) is 26.5. The third-order valence-electron chi connectivity index (χ3n) is 2.06. The van der Waals surface area contributed by atoms with Crippen molar-refractivity contribution in [3.05, 3.63) is 12.2 Å². The van der Waals surface area contributed by atoms with Gasteiger partial charge in [0.05, 0.1) is 4.83 Å². The molecule has 1 aliphatic carbocycles. The summed E-state index contributed by atoms with van der Waals surface area (Å²) in [6, 6.07) is 0. The Balaban J connectivity index is 2.52. The third-order valence-corrected chi connectivity index (χ3v) is 3.38. The van der Waals surface area contributed by atoms with Crippen LogP contribution < -0.4 is 0 Å². The molecular weight excluding hydrogens is 204 g/mol. The Labute approximate surface area is 76.0 Å². The molecule has 0 aromatic carbocycles. The smallest absolute Gasteiger partial charge is 0.144 e. The highest BCUT2D eigenvalue weighted by Gasteiger charge is 2.21. The maximum Gasteiger partial charge on any atom is 0.144 e. The van der Waals surface area contributed by atoms with Crippen LogP contribution in [0.25, 0.3) is 0 Å². The van der Waals surface area contributed by atoms with E-state index in [-0.39, 0.29) is 10.6 Å². The van der Waals surface area contributed by atoms with Gasteiger partial charge in [-0.25, -0.2) is 0 Å². The lowest BCUT2D eigenvalue weighted by molar-refractivity contribution is -0.117. The van der Waals surface area contributed by atoms with Crippen molar-refractivity contribution in [2.24, 2.45) is 5.92 Å². The summed E-state index contributed by atoms with van der Waals surface area (Å²) < 4.78 is 0. The number of Topliss-reactive ketones (excluding diaryl/α,β-unsaturated/α-hetero) is 1. The molecule has 1 rings (SSSR count). The van der Waals surface area contributed by atoms with E-state index in [1.807, 2.05) is 0 Å². The molecule has 0 saturated heterocycles. The molecule has 0 aromatic rings. The van der Waals surface area contributed by atoms with E-state index < -0.39 is 0 Å². The molecule has 1 aliphatic rings. The number of hydrogen-bond donors (Lipinski definition) is 0. The molecule has 0 fully saturated rings. The van der Waals surface area contributed by atoms with Crippen LogP contribution in [0.4, 0.5) is 0 Å². The SMILES string of the molecule is CC(=O)C(Br)C1C=CCCC1. The largest absolute Gasteiger partial charge is 0.299 e. The van der Waals surface area contributed by atoms with E-state index in [9.17, 15) is 4.79 Å². The summed E-state index contributed by atoms with van der Waals surface area (Å²) in [5, 5.41) is 0. The Morgan fingerprint density at radius 2 is 2.45 bits per heavy atom. The predicted molar refractivity (Wildman–Crippen MR) is 49.9 cm³/mol. The molecule has 2 heteroatoms. The topological polar surface area (TPSA) is 17.1 Å². The van der Waals surface area contributed by atoms with Crippen molar-refractivity contribution >= 4 is 21.7 Å². The van der Waals surface area contributed by atoms with Gasteiger partial charge in [0.15, 0.2) is 0 Å². The van der Waals surface area contributed by atoms with Crippen LogP contribution >= 0.6 is 15.9 Å². The van der Waals surface area contributed by atoms with Crippen LogP contribution in [-0.4, -0.2) is 10.6 Å². The van der Waals surface area contributed by atoms with Crippen LogP contribution in [-0.2, 0) is 4.79 Å². The molecule has 0 bridgehead atoms. The number of alkyl halides is 1. The summed E-state index contributed by atoms with van der Waals surface area (Å²) in [6.45, 7) is 1.64. The van der Waals surface area contributed by atoms with E-state index in [1.54, 1.807) is 6.92 Å². The van der Waals surface area contributed by atoms with Crippen molar-refractivity contribution in [2.45, 2.75) is 31.0 Å². The number of hydrogen-bond acceptors (Lipinski definition) is 1. The average molecular weight is 217 g/mol. The molecule has 11 heavy (non-hydrogen) atoms. The number of rotatable bonds is 2. The molecule has 0 aromatic heterocycles. The predicted octanol–water partition coefficient (Wildman–Crippen LogP) is 2.70. The summed E-state index contributed by atoms with van der Waals surface area (Å²) in [5.41, 5.74) is 0. The van der Waals surface area contributed by atoms with Gasteiger partial charge >= 0.3 is 0 Å². The third kappa shape index (κ3) is 2.44. The number of halogens is 1. The minimum atomic E-state index is 0.0408. The molecule has 2 unspecified atom stereocenters. The van der Waals surface area contributed by atoms with E-state index >= 15 is 0 Å². The Morgan fingerprint density at radius 1 is 1.73 bits per heavy atom. The summed E-state index contributed by atoms with van der Waals surface area (Å²) in [7, 11) is 0. The van der Waals surface area contributed by atoms with Crippen molar-refractivity contribution in [3.8, 4) is 0 Å². The van der Waals surface area contributed by atoms with Gasteiger partial charge in [-0.05, 0) is 32.1 Å². The highest BCUT2D eigenvalue weighted by Crippen LogP contribution is 2.25. The summed E-state index contributed by atoms with van der Waals surface area (Å²) in [4.78, 5) is 11.0. The molecule has 0 saturated carbocycles. The van der Waals surface area contributed by atoms with Gasteiger partial charge in [0.1, 0.15) is 5.78 Å². The van der Waals surface area contributed by atoms with Crippen LogP contribution in [0, 0.1) is 5.92 Å². The van der Waals surface area contributed by atoms with E-state index in [2.05, 4.69) is 28.1 Å². The first-order chi connectivity index (χ1) is 5.22. The van der Waals surface area contributed by atoms with Crippen molar-refractivity contribution < 1.29 is 4.79 Å². The maximum atomic E-state index is 11.0. The van der Waals surface area contributed by atoms with Gasteiger partial charge in [-0.2, -0.15) is 0 Å². The lowest BCUT2D eigenvalue weighted by Crippen LogP contribution is -2.21.